The van der Waals surface area contributed by atoms with E-state index in [4.69, 9.17) is 4.74 Å². The zero-order valence-corrected chi connectivity index (χ0v) is 13.0. The Kier molecular flexibility index (Phi) is 4.91. The van der Waals surface area contributed by atoms with E-state index >= 15 is 0 Å². The second-order valence-corrected chi connectivity index (χ2v) is 5.57. The molecule has 0 radical (unpaired) electrons. The summed E-state index contributed by atoms with van der Waals surface area (Å²) in [5, 5.41) is 4.42. The molecule has 1 aromatic heterocycles. The Hall–Kier alpha value is -1.94. The van der Waals surface area contributed by atoms with E-state index in [-0.39, 0.29) is 17.9 Å². The van der Waals surface area contributed by atoms with Crippen molar-refractivity contribution in [3.8, 4) is 0 Å². The molecular formula is C17H22N2O2. The first kappa shape index (κ1) is 15.4. The second-order valence-electron chi connectivity index (χ2n) is 5.57. The Morgan fingerprint density at radius 1 is 1.33 bits per heavy atom. The lowest BCUT2D eigenvalue weighted by molar-refractivity contribution is -0.144. The number of hydrogen-bond acceptors (Lipinski definition) is 4. The lowest BCUT2D eigenvalue weighted by Gasteiger charge is -2.20. The standard InChI is InChI=1S/C17H22N2O2/c1-11(2)16(17(20)21-4)18-10-13-9-12(3)19-15-8-6-5-7-14(13)15/h5-9,11,16,18H,10H2,1-4H3. The number of methoxy groups -OCH3 is 1. The molecule has 0 fully saturated rings. The molecule has 21 heavy (non-hydrogen) atoms. The van der Waals surface area contributed by atoms with E-state index in [1.54, 1.807) is 0 Å². The van der Waals surface area contributed by atoms with Crippen LogP contribution in [0.25, 0.3) is 10.9 Å². The zero-order valence-electron chi connectivity index (χ0n) is 13.0. The topological polar surface area (TPSA) is 51.2 Å². The fourth-order valence-corrected chi connectivity index (χ4v) is 2.48. The predicted molar refractivity (Wildman–Crippen MR) is 84.0 cm³/mol. The van der Waals surface area contributed by atoms with E-state index in [9.17, 15) is 4.79 Å². The third-order valence-electron chi connectivity index (χ3n) is 3.56. The maximum Gasteiger partial charge on any atom is 0.323 e. The normalized spacial score (nSPS) is 12.6. The number of nitrogens with zero attached hydrogens (tertiary/aromatic N) is 1. The van der Waals surface area contributed by atoms with Crippen LogP contribution in [0.1, 0.15) is 25.1 Å². The largest absolute Gasteiger partial charge is 0.468 e. The van der Waals surface area contributed by atoms with Crippen molar-refractivity contribution in [2.24, 2.45) is 5.92 Å². The third-order valence-corrected chi connectivity index (χ3v) is 3.56. The number of para-hydroxylation sites is 1. The summed E-state index contributed by atoms with van der Waals surface area (Å²) in [6.45, 7) is 6.60. The van der Waals surface area contributed by atoms with Gasteiger partial charge in [0.25, 0.3) is 0 Å². The van der Waals surface area contributed by atoms with Crippen LogP contribution in [0, 0.1) is 12.8 Å². The molecule has 1 atom stereocenters. The Morgan fingerprint density at radius 3 is 2.71 bits per heavy atom. The van der Waals surface area contributed by atoms with Crippen molar-refractivity contribution in [2.75, 3.05) is 7.11 Å². The van der Waals surface area contributed by atoms with Crippen molar-refractivity contribution >= 4 is 16.9 Å². The molecule has 112 valence electrons. The first-order valence-corrected chi connectivity index (χ1v) is 7.19. The van der Waals surface area contributed by atoms with Crippen LogP contribution in [-0.4, -0.2) is 24.1 Å². The minimum absolute atomic E-state index is 0.173. The van der Waals surface area contributed by atoms with E-state index in [0.29, 0.717) is 6.54 Å². The number of benzene rings is 1. The van der Waals surface area contributed by atoms with Gasteiger partial charge in [-0.25, -0.2) is 0 Å². The molecule has 4 heteroatoms. The van der Waals surface area contributed by atoms with Crippen LogP contribution in [0.5, 0.6) is 0 Å². The van der Waals surface area contributed by atoms with E-state index in [2.05, 4.69) is 22.4 Å². The van der Waals surface area contributed by atoms with Gasteiger partial charge in [-0.2, -0.15) is 0 Å². The number of fused-ring (bicyclic) bond motifs is 1. The van der Waals surface area contributed by atoms with Gasteiger partial charge in [-0.05, 0) is 30.5 Å². The average molecular weight is 286 g/mol. The van der Waals surface area contributed by atoms with Crippen LogP contribution in [0.3, 0.4) is 0 Å². The minimum atomic E-state index is -0.303. The van der Waals surface area contributed by atoms with Gasteiger partial charge in [0.05, 0.1) is 12.6 Å². The summed E-state index contributed by atoms with van der Waals surface area (Å²) < 4.78 is 4.86. The number of aryl methyl sites for hydroxylation is 1. The van der Waals surface area contributed by atoms with Crippen molar-refractivity contribution in [3.63, 3.8) is 0 Å². The summed E-state index contributed by atoms with van der Waals surface area (Å²) in [6.07, 6.45) is 0. The minimum Gasteiger partial charge on any atom is -0.468 e. The Labute approximate surface area is 125 Å². The summed E-state index contributed by atoms with van der Waals surface area (Å²) in [5.74, 6) is -0.0493. The number of carbonyl (C=O) groups is 1. The maximum atomic E-state index is 11.8. The molecule has 1 unspecified atom stereocenters. The Bertz CT molecular complexity index is 638. The summed E-state index contributed by atoms with van der Waals surface area (Å²) >= 11 is 0. The highest BCUT2D eigenvalue weighted by atomic mass is 16.5. The number of hydrogen-bond donors (Lipinski definition) is 1. The molecule has 0 aliphatic rings. The van der Waals surface area contributed by atoms with Crippen molar-refractivity contribution < 1.29 is 9.53 Å². The first-order chi connectivity index (χ1) is 10.0. The predicted octanol–water partition coefficient (Wildman–Crippen LogP) is 2.83. The van der Waals surface area contributed by atoms with Crippen LogP contribution in [0.2, 0.25) is 0 Å². The van der Waals surface area contributed by atoms with Gasteiger partial charge in [0.15, 0.2) is 0 Å². The van der Waals surface area contributed by atoms with Crippen molar-refractivity contribution in [1.82, 2.24) is 10.3 Å². The van der Waals surface area contributed by atoms with E-state index in [0.717, 1.165) is 22.2 Å². The number of nitrogens with one attached hydrogen (secondary N) is 1. The van der Waals surface area contributed by atoms with Crippen LogP contribution in [0.4, 0.5) is 0 Å². The van der Waals surface area contributed by atoms with Gasteiger partial charge in [-0.15, -0.1) is 0 Å². The molecule has 0 aliphatic heterocycles. The quantitative estimate of drug-likeness (QED) is 0.859. The highest BCUT2D eigenvalue weighted by molar-refractivity contribution is 5.82. The van der Waals surface area contributed by atoms with E-state index in [1.165, 1.54) is 7.11 Å². The van der Waals surface area contributed by atoms with Gasteiger partial charge >= 0.3 is 5.97 Å². The van der Waals surface area contributed by atoms with Crippen LogP contribution >= 0.6 is 0 Å². The summed E-state index contributed by atoms with van der Waals surface area (Å²) in [6, 6.07) is 9.81. The van der Waals surface area contributed by atoms with Crippen molar-refractivity contribution in [3.05, 3.63) is 41.6 Å². The van der Waals surface area contributed by atoms with Gasteiger partial charge < -0.3 is 10.1 Å². The molecule has 0 spiro atoms. The lowest BCUT2D eigenvalue weighted by Crippen LogP contribution is -2.41. The van der Waals surface area contributed by atoms with E-state index in [1.807, 2.05) is 39.0 Å². The number of carbonyl (C=O) groups excluding carboxylic acids is 1. The zero-order chi connectivity index (χ0) is 15.4. The van der Waals surface area contributed by atoms with Crippen molar-refractivity contribution in [2.45, 2.75) is 33.4 Å². The Balaban J connectivity index is 2.25. The highest BCUT2D eigenvalue weighted by Gasteiger charge is 2.22. The smallest absolute Gasteiger partial charge is 0.323 e. The maximum absolute atomic E-state index is 11.8. The number of aromatic nitrogens is 1. The monoisotopic (exact) mass is 286 g/mol. The molecule has 1 heterocycles. The molecule has 0 saturated heterocycles. The molecule has 0 saturated carbocycles. The molecule has 1 N–H and O–H groups in total. The summed E-state index contributed by atoms with van der Waals surface area (Å²) in [7, 11) is 1.42. The van der Waals surface area contributed by atoms with Crippen molar-refractivity contribution in [1.29, 1.82) is 0 Å². The molecule has 2 aromatic rings. The number of pyridine rings is 1. The summed E-state index contributed by atoms with van der Waals surface area (Å²) in [4.78, 5) is 16.3. The van der Waals surface area contributed by atoms with Crippen LogP contribution in [-0.2, 0) is 16.1 Å². The van der Waals surface area contributed by atoms with Gasteiger partial charge in [0.2, 0.25) is 0 Å². The molecule has 0 bridgehead atoms. The third kappa shape index (κ3) is 3.58. The average Bonchev–Trinajstić information content (AvgIpc) is 2.46. The molecule has 0 aliphatic carbocycles. The molecule has 0 amide bonds. The van der Waals surface area contributed by atoms with Crippen LogP contribution in [0.15, 0.2) is 30.3 Å². The fraction of sp³-hybridized carbons (Fsp3) is 0.412. The van der Waals surface area contributed by atoms with Gasteiger partial charge in [-0.1, -0.05) is 32.0 Å². The summed E-state index contributed by atoms with van der Waals surface area (Å²) in [5.41, 5.74) is 3.10. The number of rotatable bonds is 5. The number of esters is 1. The van der Waals surface area contributed by atoms with Gasteiger partial charge in [0.1, 0.15) is 6.04 Å². The van der Waals surface area contributed by atoms with Gasteiger partial charge in [0, 0.05) is 17.6 Å². The fourth-order valence-electron chi connectivity index (χ4n) is 2.48. The first-order valence-electron chi connectivity index (χ1n) is 7.19. The van der Waals surface area contributed by atoms with Gasteiger partial charge in [-0.3, -0.25) is 9.78 Å². The molecular weight excluding hydrogens is 264 g/mol. The Morgan fingerprint density at radius 2 is 2.05 bits per heavy atom. The second kappa shape index (κ2) is 6.68. The lowest BCUT2D eigenvalue weighted by atomic mass is 10.0. The molecule has 2 rings (SSSR count). The van der Waals surface area contributed by atoms with E-state index < -0.39 is 0 Å². The molecule has 1 aromatic carbocycles. The SMILES string of the molecule is COC(=O)C(NCc1cc(C)nc2ccccc12)C(C)C. The number of ether oxygens (including phenoxy) is 1. The molecule has 4 nitrogen and oxygen atoms in total. The van der Waals surface area contributed by atoms with Crippen LogP contribution < -0.4 is 5.32 Å². The highest BCUT2D eigenvalue weighted by Crippen LogP contribution is 2.18.